The van der Waals surface area contributed by atoms with E-state index in [2.05, 4.69) is 0 Å². The van der Waals surface area contributed by atoms with E-state index in [4.69, 9.17) is 22.1 Å². The Hall–Kier alpha value is -1.26. The predicted octanol–water partition coefficient (Wildman–Crippen LogP) is 2.70. The zero-order chi connectivity index (χ0) is 15.1. The number of para-hydroxylation sites is 1. The molecule has 0 aliphatic carbocycles. The number of benzene rings is 1. The summed E-state index contributed by atoms with van der Waals surface area (Å²) in [6.45, 7) is 2.92. The van der Waals surface area contributed by atoms with Gasteiger partial charge < -0.3 is 15.4 Å². The van der Waals surface area contributed by atoms with Crippen LogP contribution in [0, 0.1) is 5.92 Å². The number of nitrogens with zero attached hydrogens (tertiary/aromatic N) is 1. The van der Waals surface area contributed by atoms with E-state index in [-0.39, 0.29) is 5.91 Å². The van der Waals surface area contributed by atoms with Crippen molar-refractivity contribution in [1.29, 1.82) is 0 Å². The smallest absolute Gasteiger partial charge is 0.222 e. The van der Waals surface area contributed by atoms with Crippen molar-refractivity contribution in [3.63, 3.8) is 0 Å². The summed E-state index contributed by atoms with van der Waals surface area (Å²) < 4.78 is 5.59. The molecule has 0 atom stereocenters. The first-order valence-electron chi connectivity index (χ1n) is 7.56. The van der Waals surface area contributed by atoms with Gasteiger partial charge >= 0.3 is 0 Å². The van der Waals surface area contributed by atoms with E-state index < -0.39 is 0 Å². The topological polar surface area (TPSA) is 55.6 Å². The molecular formula is C16H23ClN2O2. The number of amides is 1. The molecule has 0 radical (unpaired) electrons. The van der Waals surface area contributed by atoms with Crippen LogP contribution >= 0.6 is 11.6 Å². The molecule has 2 N–H and O–H groups in total. The third kappa shape index (κ3) is 4.90. The number of ether oxygens (including phenoxy) is 1. The lowest BCUT2D eigenvalue weighted by molar-refractivity contribution is -0.132. The standard InChI is InChI=1S/C16H23ClN2O2/c17-14-4-1-2-5-15(14)21-11-3-6-16(20)19-9-7-13(12-18)8-10-19/h1-2,4-5,13H,3,6-12,18H2. The number of rotatable bonds is 6. The molecule has 1 saturated heterocycles. The minimum absolute atomic E-state index is 0.216. The maximum atomic E-state index is 12.1. The Kier molecular flexibility index (Phi) is 6.33. The van der Waals surface area contributed by atoms with Crippen molar-refractivity contribution >= 4 is 17.5 Å². The van der Waals surface area contributed by atoms with Gasteiger partial charge in [0.2, 0.25) is 5.91 Å². The molecule has 0 spiro atoms. The molecule has 1 heterocycles. The number of carbonyl (C=O) groups excluding carboxylic acids is 1. The molecule has 21 heavy (non-hydrogen) atoms. The third-order valence-electron chi connectivity index (χ3n) is 3.93. The fourth-order valence-corrected chi connectivity index (χ4v) is 2.73. The van der Waals surface area contributed by atoms with Gasteiger partial charge in [-0.25, -0.2) is 0 Å². The fourth-order valence-electron chi connectivity index (χ4n) is 2.54. The Morgan fingerprint density at radius 1 is 1.33 bits per heavy atom. The zero-order valence-electron chi connectivity index (χ0n) is 12.3. The summed E-state index contributed by atoms with van der Waals surface area (Å²) in [5.74, 6) is 1.47. The second-order valence-corrected chi connectivity index (χ2v) is 5.85. The summed E-state index contributed by atoms with van der Waals surface area (Å²) in [5, 5.41) is 0.604. The average Bonchev–Trinajstić information content (AvgIpc) is 2.53. The Morgan fingerprint density at radius 2 is 2.05 bits per heavy atom. The molecule has 0 unspecified atom stereocenters. The van der Waals surface area contributed by atoms with Gasteiger partial charge in [-0.2, -0.15) is 0 Å². The minimum atomic E-state index is 0.216. The molecule has 1 aliphatic heterocycles. The maximum absolute atomic E-state index is 12.1. The first-order valence-corrected chi connectivity index (χ1v) is 7.93. The van der Waals surface area contributed by atoms with Gasteiger partial charge in [0.15, 0.2) is 0 Å². The van der Waals surface area contributed by atoms with Crippen LogP contribution in [0.5, 0.6) is 5.75 Å². The van der Waals surface area contributed by atoms with Gasteiger partial charge in [0.1, 0.15) is 5.75 Å². The van der Waals surface area contributed by atoms with Crippen molar-refractivity contribution in [2.24, 2.45) is 11.7 Å². The fraction of sp³-hybridized carbons (Fsp3) is 0.562. The zero-order valence-corrected chi connectivity index (χ0v) is 13.0. The molecule has 2 rings (SSSR count). The van der Waals surface area contributed by atoms with Crippen LogP contribution in [-0.4, -0.2) is 37.0 Å². The van der Waals surface area contributed by atoms with Crippen molar-refractivity contribution in [3.05, 3.63) is 29.3 Å². The highest BCUT2D eigenvalue weighted by Gasteiger charge is 2.21. The number of piperidine rings is 1. The van der Waals surface area contributed by atoms with Gasteiger partial charge in [0, 0.05) is 19.5 Å². The second kappa shape index (κ2) is 8.25. The van der Waals surface area contributed by atoms with Crippen LogP contribution in [0.25, 0.3) is 0 Å². The third-order valence-corrected chi connectivity index (χ3v) is 4.24. The molecule has 0 bridgehead atoms. The normalized spacial score (nSPS) is 16.0. The molecule has 0 saturated carbocycles. The highest BCUT2D eigenvalue weighted by molar-refractivity contribution is 6.32. The molecule has 1 aliphatic rings. The number of hydrogen-bond donors (Lipinski definition) is 1. The van der Waals surface area contributed by atoms with E-state index in [1.807, 2.05) is 23.1 Å². The molecule has 1 fully saturated rings. The van der Waals surface area contributed by atoms with E-state index in [9.17, 15) is 4.79 Å². The second-order valence-electron chi connectivity index (χ2n) is 5.44. The molecule has 1 aromatic rings. The molecule has 5 heteroatoms. The number of hydrogen-bond acceptors (Lipinski definition) is 3. The first-order chi connectivity index (χ1) is 10.2. The number of halogens is 1. The lowest BCUT2D eigenvalue weighted by Crippen LogP contribution is -2.40. The van der Waals surface area contributed by atoms with Crippen LogP contribution in [0.4, 0.5) is 0 Å². The van der Waals surface area contributed by atoms with Crippen LogP contribution < -0.4 is 10.5 Å². The highest BCUT2D eigenvalue weighted by atomic mass is 35.5. The maximum Gasteiger partial charge on any atom is 0.222 e. The van der Waals surface area contributed by atoms with Crippen LogP contribution in [0.15, 0.2) is 24.3 Å². The first kappa shape index (κ1) is 16.1. The summed E-state index contributed by atoms with van der Waals surface area (Å²) >= 11 is 6.00. The average molecular weight is 311 g/mol. The molecule has 1 amide bonds. The van der Waals surface area contributed by atoms with Gasteiger partial charge in [-0.1, -0.05) is 23.7 Å². The van der Waals surface area contributed by atoms with E-state index >= 15 is 0 Å². The molecule has 1 aromatic carbocycles. The van der Waals surface area contributed by atoms with Crippen molar-refractivity contribution in [2.75, 3.05) is 26.2 Å². The summed E-state index contributed by atoms with van der Waals surface area (Å²) in [7, 11) is 0. The van der Waals surface area contributed by atoms with Crippen molar-refractivity contribution in [2.45, 2.75) is 25.7 Å². The SMILES string of the molecule is NCC1CCN(C(=O)CCCOc2ccccc2Cl)CC1. The van der Waals surface area contributed by atoms with Crippen molar-refractivity contribution < 1.29 is 9.53 Å². The van der Waals surface area contributed by atoms with Crippen molar-refractivity contribution in [3.8, 4) is 5.75 Å². The number of likely N-dealkylation sites (tertiary alicyclic amines) is 1. The van der Waals surface area contributed by atoms with E-state index in [0.29, 0.717) is 36.1 Å². The van der Waals surface area contributed by atoms with E-state index in [1.54, 1.807) is 6.07 Å². The van der Waals surface area contributed by atoms with Crippen LogP contribution in [-0.2, 0) is 4.79 Å². The number of carbonyl (C=O) groups is 1. The molecule has 4 nitrogen and oxygen atoms in total. The molecule has 0 aromatic heterocycles. The van der Waals surface area contributed by atoms with E-state index in [1.165, 1.54) is 0 Å². The monoisotopic (exact) mass is 310 g/mol. The van der Waals surface area contributed by atoms with Crippen LogP contribution in [0.1, 0.15) is 25.7 Å². The van der Waals surface area contributed by atoms with Crippen LogP contribution in [0.3, 0.4) is 0 Å². The summed E-state index contributed by atoms with van der Waals surface area (Å²) in [4.78, 5) is 14.0. The van der Waals surface area contributed by atoms with Gasteiger partial charge in [-0.15, -0.1) is 0 Å². The van der Waals surface area contributed by atoms with Gasteiger partial charge in [0.25, 0.3) is 0 Å². The Balaban J connectivity index is 1.65. The largest absolute Gasteiger partial charge is 0.492 e. The Labute approximate surface area is 131 Å². The predicted molar refractivity (Wildman–Crippen MR) is 84.5 cm³/mol. The lowest BCUT2D eigenvalue weighted by atomic mass is 9.97. The summed E-state index contributed by atoms with van der Waals surface area (Å²) in [6.07, 6.45) is 3.29. The molecular weight excluding hydrogens is 288 g/mol. The van der Waals surface area contributed by atoms with Crippen molar-refractivity contribution in [1.82, 2.24) is 4.90 Å². The minimum Gasteiger partial charge on any atom is -0.492 e. The van der Waals surface area contributed by atoms with Gasteiger partial charge in [-0.3, -0.25) is 4.79 Å². The Morgan fingerprint density at radius 3 is 2.71 bits per heavy atom. The quantitative estimate of drug-likeness (QED) is 0.822. The van der Waals surface area contributed by atoms with Gasteiger partial charge in [0.05, 0.1) is 11.6 Å². The van der Waals surface area contributed by atoms with E-state index in [0.717, 1.165) is 32.5 Å². The highest BCUT2D eigenvalue weighted by Crippen LogP contribution is 2.23. The Bertz CT molecular complexity index is 459. The molecule has 116 valence electrons. The van der Waals surface area contributed by atoms with Crippen LogP contribution in [0.2, 0.25) is 5.02 Å². The lowest BCUT2D eigenvalue weighted by Gasteiger charge is -2.31. The number of nitrogens with two attached hydrogens (primary N) is 1. The summed E-state index contributed by atoms with van der Waals surface area (Å²) in [6, 6.07) is 7.38. The summed E-state index contributed by atoms with van der Waals surface area (Å²) in [5.41, 5.74) is 5.66. The van der Waals surface area contributed by atoms with Gasteiger partial charge in [-0.05, 0) is 43.9 Å².